The maximum absolute atomic E-state index is 11.5. The summed E-state index contributed by atoms with van der Waals surface area (Å²) in [7, 11) is -7.70. The summed E-state index contributed by atoms with van der Waals surface area (Å²) in [5.41, 5.74) is 2.79. The molecule has 280 valence electrons. The summed E-state index contributed by atoms with van der Waals surface area (Å²) in [6.45, 7) is 32.7. The van der Waals surface area contributed by atoms with Crippen molar-refractivity contribution in [2.75, 3.05) is 12.8 Å². The highest BCUT2D eigenvalue weighted by molar-refractivity contribution is 7.48. The lowest BCUT2D eigenvalue weighted by molar-refractivity contribution is 0.179. The van der Waals surface area contributed by atoms with Crippen LogP contribution in [-0.4, -0.2) is 48.6 Å². The van der Waals surface area contributed by atoms with Crippen LogP contribution < -0.4 is 9.05 Å². The molecule has 2 aromatic rings. The smallest absolute Gasteiger partial charge is 0.294 e. The second-order valence-corrected chi connectivity index (χ2v) is 33.8. The van der Waals surface area contributed by atoms with Gasteiger partial charge >= 0.3 is 0 Å². The summed E-state index contributed by atoms with van der Waals surface area (Å²) < 4.78 is 26.9. The third kappa shape index (κ3) is 12.3. The number of hydrogen-bond acceptors (Lipinski definition) is 5. The molecule has 1 saturated carbocycles. The molecule has 1 fully saturated rings. The highest BCUT2D eigenvalue weighted by Crippen LogP contribution is 2.50. The molecule has 9 heteroatoms. The Morgan fingerprint density at radius 3 is 1.68 bits per heavy atom. The zero-order valence-electron chi connectivity index (χ0n) is 33.9. The van der Waals surface area contributed by atoms with E-state index in [1.807, 2.05) is 60.7 Å². The normalized spacial score (nSPS) is 20.1. The van der Waals surface area contributed by atoms with Crippen LogP contribution in [0.2, 0.25) is 54.4 Å². The van der Waals surface area contributed by atoms with Crippen LogP contribution in [0.25, 0.3) is 0 Å². The van der Waals surface area contributed by atoms with E-state index in [2.05, 4.69) is 107 Å². The van der Waals surface area contributed by atoms with Crippen molar-refractivity contribution in [3.05, 3.63) is 84.0 Å². The molecule has 0 spiro atoms. The van der Waals surface area contributed by atoms with Crippen LogP contribution in [0, 0.1) is 5.92 Å². The molecule has 0 unspecified atom stereocenters. The number of rotatable bonds is 15. The van der Waals surface area contributed by atoms with E-state index in [1.165, 1.54) is 11.1 Å². The van der Waals surface area contributed by atoms with Gasteiger partial charge in [-0.3, -0.25) is 0 Å². The van der Waals surface area contributed by atoms with E-state index in [-0.39, 0.29) is 27.1 Å². The Morgan fingerprint density at radius 2 is 1.22 bits per heavy atom. The fourth-order valence-electron chi connectivity index (χ4n) is 5.55. The minimum absolute atomic E-state index is 0.00986. The highest BCUT2D eigenvalue weighted by atomic mass is 31.2. The average Bonchev–Trinajstić information content (AvgIpc) is 2.98. The summed E-state index contributed by atoms with van der Waals surface area (Å²) in [6, 6.07) is 20.0. The fraction of sp³-hybridized carbons (Fsp3) is 0.610. The third-order valence-corrected chi connectivity index (χ3v) is 25.5. The molecule has 3 rings (SSSR count). The number of allylic oxidation sites excluding steroid dienone is 1. The minimum atomic E-state index is -2.46. The first-order valence-corrected chi connectivity index (χ1v) is 28.7. The Labute approximate surface area is 310 Å². The van der Waals surface area contributed by atoms with Crippen molar-refractivity contribution in [1.29, 1.82) is 0 Å². The SMILES string of the molecule is CC(C)(C[C@@H]1C/C(=C\CP(Oc2ccccc2)Oc2ccccc2)C[C@@H](O[Si](C)(C)C(C)(C)C)C1=CCCO[Si](C)(C)C(C)(C)C)[Si](C)(C)O. The van der Waals surface area contributed by atoms with Crippen molar-refractivity contribution in [3.63, 3.8) is 0 Å². The van der Waals surface area contributed by atoms with Gasteiger partial charge in [0.05, 0.1) is 12.3 Å². The molecular formula is C41H69O5PSi3. The first kappa shape index (κ1) is 42.9. The second kappa shape index (κ2) is 17.1. The van der Waals surface area contributed by atoms with Crippen molar-refractivity contribution in [3.8, 4) is 11.5 Å². The van der Waals surface area contributed by atoms with Gasteiger partial charge in [0, 0.05) is 6.61 Å². The van der Waals surface area contributed by atoms with E-state index in [9.17, 15) is 4.80 Å². The van der Waals surface area contributed by atoms with Crippen LogP contribution in [0.3, 0.4) is 0 Å². The largest absolute Gasteiger partial charge is 0.438 e. The molecule has 0 aromatic heterocycles. The van der Waals surface area contributed by atoms with Gasteiger partial charge in [-0.2, -0.15) is 0 Å². The number of benzene rings is 2. The molecule has 0 aliphatic heterocycles. The predicted octanol–water partition coefficient (Wildman–Crippen LogP) is 12.9. The van der Waals surface area contributed by atoms with E-state index >= 15 is 0 Å². The van der Waals surface area contributed by atoms with Gasteiger partial charge in [0.1, 0.15) is 11.5 Å². The van der Waals surface area contributed by atoms with Crippen molar-refractivity contribution in [2.24, 2.45) is 5.92 Å². The molecule has 0 saturated heterocycles. The average molecular weight is 757 g/mol. The Kier molecular flexibility index (Phi) is 14.7. The van der Waals surface area contributed by atoms with Gasteiger partial charge in [0.15, 0.2) is 25.0 Å². The van der Waals surface area contributed by atoms with Crippen molar-refractivity contribution < 1.29 is 22.7 Å². The topological polar surface area (TPSA) is 57.2 Å². The van der Waals surface area contributed by atoms with Crippen LogP contribution in [0.15, 0.2) is 84.0 Å². The van der Waals surface area contributed by atoms with Crippen molar-refractivity contribution in [2.45, 2.75) is 142 Å². The summed E-state index contributed by atoms with van der Waals surface area (Å²) in [6.07, 6.45) is 9.09. The molecule has 0 radical (unpaired) electrons. The molecule has 0 amide bonds. The molecule has 1 aliphatic rings. The van der Waals surface area contributed by atoms with E-state index in [0.29, 0.717) is 6.16 Å². The van der Waals surface area contributed by atoms with E-state index < -0.39 is 33.3 Å². The van der Waals surface area contributed by atoms with Gasteiger partial charge in [-0.1, -0.05) is 110 Å². The Morgan fingerprint density at radius 1 is 0.720 bits per heavy atom. The quantitative estimate of drug-likeness (QED) is 0.0849. The lowest BCUT2D eigenvalue weighted by Gasteiger charge is -2.46. The van der Waals surface area contributed by atoms with Gasteiger partial charge in [0.25, 0.3) is 8.38 Å². The first-order chi connectivity index (χ1) is 22.9. The van der Waals surface area contributed by atoms with Gasteiger partial charge in [-0.25, -0.2) is 0 Å². The Bertz CT molecular complexity index is 1320. The minimum Gasteiger partial charge on any atom is -0.438 e. The lowest BCUT2D eigenvalue weighted by atomic mass is 9.75. The summed E-state index contributed by atoms with van der Waals surface area (Å²) >= 11 is 0. The van der Waals surface area contributed by atoms with E-state index in [4.69, 9.17) is 17.9 Å². The first-order valence-electron chi connectivity index (χ1n) is 18.6. The van der Waals surface area contributed by atoms with E-state index in [1.54, 1.807) is 0 Å². The van der Waals surface area contributed by atoms with Crippen LogP contribution >= 0.6 is 8.38 Å². The number of hydrogen-bond donors (Lipinski definition) is 1. The molecule has 1 aliphatic carbocycles. The van der Waals surface area contributed by atoms with Gasteiger partial charge in [-0.05, 0) is 116 Å². The molecule has 2 atom stereocenters. The second-order valence-electron chi connectivity index (χ2n) is 18.4. The maximum Gasteiger partial charge on any atom is 0.294 e. The van der Waals surface area contributed by atoms with Crippen molar-refractivity contribution >= 4 is 33.3 Å². The summed E-state index contributed by atoms with van der Waals surface area (Å²) in [4.78, 5) is 11.5. The third-order valence-electron chi connectivity index (χ3n) is 11.7. The Balaban J connectivity index is 2.01. The molecule has 2 aromatic carbocycles. The zero-order valence-corrected chi connectivity index (χ0v) is 37.7. The van der Waals surface area contributed by atoms with Gasteiger partial charge in [0.2, 0.25) is 0 Å². The van der Waals surface area contributed by atoms with Gasteiger partial charge in [-0.15, -0.1) is 0 Å². The summed E-state index contributed by atoms with van der Waals surface area (Å²) in [5.74, 6) is 1.90. The summed E-state index contributed by atoms with van der Waals surface area (Å²) in [5, 5.41) is 0.0925. The molecular weight excluding hydrogens is 688 g/mol. The monoisotopic (exact) mass is 756 g/mol. The lowest BCUT2D eigenvalue weighted by Crippen LogP contribution is -2.47. The number of para-hydroxylation sites is 2. The van der Waals surface area contributed by atoms with Crippen LogP contribution in [-0.2, 0) is 8.85 Å². The molecule has 0 heterocycles. The highest BCUT2D eigenvalue weighted by Gasteiger charge is 2.45. The van der Waals surface area contributed by atoms with Crippen molar-refractivity contribution in [1.82, 2.24) is 0 Å². The molecule has 5 nitrogen and oxygen atoms in total. The molecule has 0 bridgehead atoms. The van der Waals surface area contributed by atoms with Crippen LogP contribution in [0.1, 0.15) is 81.1 Å². The standard InChI is InChI=1S/C41H69O5PSi3/c1-39(2,3)49(11,12)43-28-21-26-37-34(32-41(7,8)48(9,10)42)30-33(31-38(37)46-50(13,14)40(4,5)6)27-29-47(44-35-22-17-15-18-23-35)45-36-24-19-16-20-25-36/h15-20,22-27,34,38,42H,21,28-32H2,1-14H3/b33-27+,37-26?/t34-,38+/m0/s1. The molecule has 50 heavy (non-hydrogen) atoms. The fourth-order valence-corrected chi connectivity index (χ4v) is 9.95. The van der Waals surface area contributed by atoms with Crippen LogP contribution in [0.5, 0.6) is 11.5 Å². The predicted molar refractivity (Wildman–Crippen MR) is 223 cm³/mol. The van der Waals surface area contributed by atoms with Gasteiger partial charge < -0.3 is 22.7 Å². The zero-order chi connectivity index (χ0) is 37.6. The Hall–Kier alpha value is -1.52. The van der Waals surface area contributed by atoms with Crippen LogP contribution in [0.4, 0.5) is 0 Å². The molecule has 1 N–H and O–H groups in total. The van der Waals surface area contributed by atoms with E-state index in [0.717, 1.165) is 43.8 Å². The maximum atomic E-state index is 11.5.